The number of nitrogens with zero attached hydrogens (tertiary/aromatic N) is 1. The second-order valence-corrected chi connectivity index (χ2v) is 6.56. The van der Waals surface area contributed by atoms with Crippen LogP contribution >= 0.6 is 22.6 Å². The molecule has 0 spiro atoms. The third-order valence-corrected chi connectivity index (χ3v) is 4.48. The van der Waals surface area contributed by atoms with E-state index in [-0.39, 0.29) is 17.1 Å². The topological polar surface area (TPSA) is 89.3 Å². The minimum absolute atomic E-state index is 0.243. The van der Waals surface area contributed by atoms with Crippen molar-refractivity contribution >= 4 is 38.3 Å². The molecule has 1 aromatic rings. The molecule has 18 heavy (non-hydrogen) atoms. The van der Waals surface area contributed by atoms with Gasteiger partial charge in [0, 0.05) is 17.0 Å². The highest BCUT2D eigenvalue weighted by Crippen LogP contribution is 2.27. The lowest BCUT2D eigenvalue weighted by molar-refractivity contribution is -0.387. The average Bonchev–Trinajstić information content (AvgIpc) is 2.29. The summed E-state index contributed by atoms with van der Waals surface area (Å²) in [6, 6.07) is 2.62. The maximum atomic E-state index is 12.0. The molecule has 0 aliphatic rings. The van der Waals surface area contributed by atoms with Crippen molar-refractivity contribution in [2.45, 2.75) is 18.7 Å². The van der Waals surface area contributed by atoms with Crippen LogP contribution in [0.5, 0.6) is 0 Å². The van der Waals surface area contributed by atoms with Crippen LogP contribution in [0.4, 0.5) is 5.69 Å². The standard InChI is InChI=1S/C10H13IN2O4S/c1-7-5-9(13(14)15)10(6-8(7)2)18(16,17)12-4-3-11/h5-6,12H,3-4H2,1-2H3. The fourth-order valence-corrected chi connectivity index (χ4v) is 3.29. The van der Waals surface area contributed by atoms with Crippen molar-refractivity contribution < 1.29 is 13.3 Å². The lowest BCUT2D eigenvalue weighted by Crippen LogP contribution is -2.26. The Hall–Kier alpha value is -0.740. The monoisotopic (exact) mass is 384 g/mol. The van der Waals surface area contributed by atoms with Gasteiger partial charge in [0.1, 0.15) is 0 Å². The van der Waals surface area contributed by atoms with E-state index >= 15 is 0 Å². The predicted molar refractivity (Wildman–Crippen MR) is 76.6 cm³/mol. The second kappa shape index (κ2) is 5.93. The van der Waals surface area contributed by atoms with Crippen LogP contribution in [-0.2, 0) is 10.0 Å². The third-order valence-electron chi connectivity index (χ3n) is 2.45. The van der Waals surface area contributed by atoms with Gasteiger partial charge in [-0.1, -0.05) is 22.6 Å². The molecule has 0 saturated carbocycles. The Kier molecular flexibility index (Phi) is 5.05. The minimum atomic E-state index is -3.83. The Morgan fingerprint density at radius 1 is 1.33 bits per heavy atom. The van der Waals surface area contributed by atoms with Gasteiger partial charge in [-0.25, -0.2) is 13.1 Å². The highest BCUT2D eigenvalue weighted by atomic mass is 127. The molecular weight excluding hydrogens is 371 g/mol. The van der Waals surface area contributed by atoms with Gasteiger partial charge >= 0.3 is 0 Å². The number of hydrogen-bond donors (Lipinski definition) is 1. The first-order chi connectivity index (χ1) is 8.29. The summed E-state index contributed by atoms with van der Waals surface area (Å²) in [4.78, 5) is 9.96. The number of nitro benzene ring substituents is 1. The maximum absolute atomic E-state index is 12.0. The van der Waals surface area contributed by atoms with Gasteiger partial charge < -0.3 is 0 Å². The Morgan fingerprint density at radius 2 is 1.89 bits per heavy atom. The Balaban J connectivity index is 3.39. The molecule has 1 rings (SSSR count). The zero-order chi connectivity index (χ0) is 13.9. The zero-order valence-electron chi connectivity index (χ0n) is 9.94. The van der Waals surface area contributed by atoms with Crippen LogP contribution in [0.15, 0.2) is 17.0 Å². The van der Waals surface area contributed by atoms with Gasteiger partial charge in [-0.15, -0.1) is 0 Å². The Bertz CT molecular complexity index is 571. The summed E-state index contributed by atoms with van der Waals surface area (Å²) in [5.74, 6) is 0. The smallest absolute Gasteiger partial charge is 0.258 e. The van der Waals surface area contributed by atoms with E-state index < -0.39 is 14.9 Å². The molecule has 1 aromatic carbocycles. The normalized spacial score (nSPS) is 11.5. The van der Waals surface area contributed by atoms with E-state index in [9.17, 15) is 18.5 Å². The number of halogens is 1. The summed E-state index contributed by atoms with van der Waals surface area (Å²) in [5, 5.41) is 10.9. The molecule has 0 heterocycles. The highest BCUT2D eigenvalue weighted by Gasteiger charge is 2.26. The van der Waals surface area contributed by atoms with E-state index in [1.807, 2.05) is 22.6 Å². The molecule has 0 atom stereocenters. The number of nitrogens with one attached hydrogen (secondary N) is 1. The van der Waals surface area contributed by atoms with Gasteiger partial charge in [0.05, 0.1) is 4.92 Å². The van der Waals surface area contributed by atoms with Crippen LogP contribution in [0.3, 0.4) is 0 Å². The maximum Gasteiger partial charge on any atom is 0.289 e. The first-order valence-corrected chi connectivity index (χ1v) is 8.11. The van der Waals surface area contributed by atoms with Crippen LogP contribution < -0.4 is 4.72 Å². The molecule has 100 valence electrons. The summed E-state index contributed by atoms with van der Waals surface area (Å²) in [7, 11) is -3.83. The first-order valence-electron chi connectivity index (χ1n) is 5.11. The van der Waals surface area contributed by atoms with Crippen LogP contribution in [0.2, 0.25) is 0 Å². The number of aryl methyl sites for hydroxylation is 2. The molecule has 0 saturated heterocycles. The molecule has 1 N–H and O–H groups in total. The fraction of sp³-hybridized carbons (Fsp3) is 0.400. The van der Waals surface area contributed by atoms with Gasteiger partial charge in [-0.05, 0) is 31.0 Å². The number of nitro groups is 1. The molecular formula is C10H13IN2O4S. The van der Waals surface area contributed by atoms with Gasteiger partial charge in [0.2, 0.25) is 10.0 Å². The summed E-state index contributed by atoms with van der Waals surface area (Å²) in [5.41, 5.74) is 1.00. The number of rotatable bonds is 5. The number of sulfonamides is 1. The fourth-order valence-electron chi connectivity index (χ4n) is 1.38. The number of benzene rings is 1. The third kappa shape index (κ3) is 3.39. The molecule has 0 radical (unpaired) electrons. The van der Waals surface area contributed by atoms with E-state index in [1.54, 1.807) is 13.8 Å². The number of alkyl halides is 1. The van der Waals surface area contributed by atoms with E-state index in [1.165, 1.54) is 12.1 Å². The molecule has 0 bridgehead atoms. The lowest BCUT2D eigenvalue weighted by Gasteiger charge is -2.08. The largest absolute Gasteiger partial charge is 0.289 e. The first kappa shape index (κ1) is 15.3. The van der Waals surface area contributed by atoms with Crippen molar-refractivity contribution in [1.82, 2.24) is 4.72 Å². The highest BCUT2D eigenvalue weighted by molar-refractivity contribution is 14.1. The van der Waals surface area contributed by atoms with Gasteiger partial charge in [0.15, 0.2) is 4.90 Å². The van der Waals surface area contributed by atoms with E-state index in [0.29, 0.717) is 15.6 Å². The SMILES string of the molecule is Cc1cc([N+](=O)[O-])c(S(=O)(=O)NCCI)cc1C. The minimum Gasteiger partial charge on any atom is -0.258 e. The van der Waals surface area contributed by atoms with Crippen LogP contribution in [0, 0.1) is 24.0 Å². The molecule has 0 fully saturated rings. The summed E-state index contributed by atoms with van der Waals surface area (Å²) < 4.78 is 26.8. The molecule has 0 aliphatic carbocycles. The van der Waals surface area contributed by atoms with Crippen molar-refractivity contribution in [3.05, 3.63) is 33.4 Å². The summed E-state index contributed by atoms with van der Waals surface area (Å²) in [6.45, 7) is 3.67. The van der Waals surface area contributed by atoms with Crippen molar-refractivity contribution in [2.75, 3.05) is 11.0 Å². The molecule has 0 aliphatic heterocycles. The zero-order valence-corrected chi connectivity index (χ0v) is 12.9. The summed E-state index contributed by atoms with van der Waals surface area (Å²) in [6.07, 6.45) is 0. The Labute approximate surface area is 119 Å². The quantitative estimate of drug-likeness (QED) is 0.364. The molecule has 0 aromatic heterocycles. The predicted octanol–water partition coefficient (Wildman–Crippen LogP) is 1.92. The van der Waals surface area contributed by atoms with Gasteiger partial charge in [0.25, 0.3) is 5.69 Å². The molecule has 6 nitrogen and oxygen atoms in total. The van der Waals surface area contributed by atoms with E-state index in [2.05, 4.69) is 4.72 Å². The van der Waals surface area contributed by atoms with Crippen LogP contribution in [-0.4, -0.2) is 24.3 Å². The van der Waals surface area contributed by atoms with Crippen molar-refractivity contribution in [3.63, 3.8) is 0 Å². The molecule has 0 amide bonds. The van der Waals surface area contributed by atoms with Gasteiger partial charge in [-0.3, -0.25) is 10.1 Å². The lowest BCUT2D eigenvalue weighted by atomic mass is 10.1. The number of hydrogen-bond acceptors (Lipinski definition) is 4. The molecule has 8 heteroatoms. The summed E-state index contributed by atoms with van der Waals surface area (Å²) >= 11 is 2.02. The van der Waals surface area contributed by atoms with Gasteiger partial charge in [-0.2, -0.15) is 0 Å². The van der Waals surface area contributed by atoms with Crippen molar-refractivity contribution in [2.24, 2.45) is 0 Å². The molecule has 0 unspecified atom stereocenters. The van der Waals surface area contributed by atoms with Crippen LogP contribution in [0.25, 0.3) is 0 Å². The van der Waals surface area contributed by atoms with Crippen molar-refractivity contribution in [1.29, 1.82) is 0 Å². The average molecular weight is 384 g/mol. The van der Waals surface area contributed by atoms with Crippen LogP contribution in [0.1, 0.15) is 11.1 Å². The van der Waals surface area contributed by atoms with E-state index in [4.69, 9.17) is 0 Å². The second-order valence-electron chi connectivity index (χ2n) is 3.75. The van der Waals surface area contributed by atoms with Crippen molar-refractivity contribution in [3.8, 4) is 0 Å². The Morgan fingerprint density at radius 3 is 2.39 bits per heavy atom. The van der Waals surface area contributed by atoms with E-state index in [0.717, 1.165) is 0 Å².